The van der Waals surface area contributed by atoms with E-state index in [1.54, 1.807) is 29.8 Å². The van der Waals surface area contributed by atoms with Gasteiger partial charge >= 0.3 is 4.87 Å². The maximum absolute atomic E-state index is 13.0. The Balaban J connectivity index is 1.75. The quantitative estimate of drug-likeness (QED) is 0.757. The van der Waals surface area contributed by atoms with Gasteiger partial charge in [0.1, 0.15) is 11.6 Å². The van der Waals surface area contributed by atoms with Gasteiger partial charge in [0.2, 0.25) is 0 Å². The highest BCUT2D eigenvalue weighted by Crippen LogP contribution is 2.22. The molecular weight excluding hydrogens is 343 g/mol. The maximum Gasteiger partial charge on any atom is 0.307 e. The number of fused-ring (bicyclic) bond motifs is 1. The van der Waals surface area contributed by atoms with Crippen LogP contribution >= 0.6 is 11.3 Å². The Morgan fingerprint density at radius 2 is 2.00 bits per heavy atom. The van der Waals surface area contributed by atoms with E-state index < -0.39 is 6.10 Å². The second-order valence-electron chi connectivity index (χ2n) is 5.57. The molecule has 130 valence electrons. The Kier molecular flexibility index (Phi) is 4.85. The molecule has 0 saturated heterocycles. The minimum Gasteiger partial charge on any atom is -0.481 e. The first-order valence-electron chi connectivity index (χ1n) is 7.80. The highest BCUT2D eigenvalue weighted by atomic mass is 32.1. The molecule has 1 atom stereocenters. The predicted molar refractivity (Wildman–Crippen MR) is 96.8 cm³/mol. The van der Waals surface area contributed by atoms with Crippen LogP contribution in [0.5, 0.6) is 5.75 Å². The summed E-state index contributed by atoms with van der Waals surface area (Å²) >= 11 is 1.13. The van der Waals surface area contributed by atoms with Crippen molar-refractivity contribution in [1.29, 1.82) is 0 Å². The molecule has 0 aliphatic heterocycles. The molecule has 0 saturated carbocycles. The number of amides is 1. The Morgan fingerprint density at radius 3 is 2.68 bits per heavy atom. The molecule has 25 heavy (non-hydrogen) atoms. The molecule has 1 N–H and O–H groups in total. The second kappa shape index (κ2) is 7.06. The van der Waals surface area contributed by atoms with Gasteiger partial charge in [-0.2, -0.15) is 0 Å². The lowest BCUT2D eigenvalue weighted by Gasteiger charge is -2.17. The molecule has 5 nitrogen and oxygen atoms in total. The Bertz CT molecular complexity index is 963. The van der Waals surface area contributed by atoms with Crippen LogP contribution in [0.1, 0.15) is 13.3 Å². The third-order valence-corrected chi connectivity index (χ3v) is 4.81. The van der Waals surface area contributed by atoms with Crippen LogP contribution in [0.3, 0.4) is 0 Å². The zero-order valence-corrected chi connectivity index (χ0v) is 14.6. The van der Waals surface area contributed by atoms with Crippen molar-refractivity contribution >= 4 is 33.1 Å². The van der Waals surface area contributed by atoms with Gasteiger partial charge in [-0.05, 0) is 48.9 Å². The minimum absolute atomic E-state index is 0.0513. The van der Waals surface area contributed by atoms with Crippen LogP contribution < -0.4 is 14.9 Å². The number of aryl methyl sites for hydroxylation is 1. The van der Waals surface area contributed by atoms with Crippen LogP contribution in [-0.2, 0) is 11.8 Å². The summed E-state index contributed by atoms with van der Waals surface area (Å²) in [5.41, 5.74) is 1.42. The number of anilines is 1. The molecule has 0 aliphatic rings. The fraction of sp³-hybridized carbons (Fsp3) is 0.222. The van der Waals surface area contributed by atoms with Gasteiger partial charge in [0.05, 0.1) is 10.2 Å². The molecule has 0 radical (unpaired) electrons. The number of carbonyl (C=O) groups excluding carboxylic acids is 1. The van der Waals surface area contributed by atoms with E-state index in [-0.39, 0.29) is 16.6 Å². The fourth-order valence-electron chi connectivity index (χ4n) is 2.43. The van der Waals surface area contributed by atoms with Crippen molar-refractivity contribution in [2.75, 3.05) is 5.32 Å². The average molecular weight is 360 g/mol. The first-order chi connectivity index (χ1) is 12.0. The van der Waals surface area contributed by atoms with Gasteiger partial charge in [-0.1, -0.05) is 18.3 Å². The normalized spacial score (nSPS) is 12.1. The smallest absolute Gasteiger partial charge is 0.307 e. The van der Waals surface area contributed by atoms with Gasteiger partial charge in [0.15, 0.2) is 6.10 Å². The Labute approximate surface area is 147 Å². The topological polar surface area (TPSA) is 60.3 Å². The summed E-state index contributed by atoms with van der Waals surface area (Å²) < 4.78 is 21.0. The van der Waals surface area contributed by atoms with Crippen molar-refractivity contribution in [1.82, 2.24) is 4.57 Å². The van der Waals surface area contributed by atoms with E-state index in [0.717, 1.165) is 21.6 Å². The van der Waals surface area contributed by atoms with Crippen LogP contribution in [0.15, 0.2) is 47.3 Å². The summed E-state index contributed by atoms with van der Waals surface area (Å²) in [5.74, 6) is -0.227. The number of nitrogens with one attached hydrogen (secondary N) is 1. The van der Waals surface area contributed by atoms with Gasteiger partial charge in [0.25, 0.3) is 5.91 Å². The standard InChI is InChI=1S/C18H17FN2O3S/c1-3-15(24-13-7-4-11(19)5-8-13)17(22)20-12-6-9-14-16(10-12)25-18(23)21(14)2/h4-10,15H,3H2,1-2H3,(H,20,22). The van der Waals surface area contributed by atoms with Crippen LogP contribution in [0.25, 0.3) is 10.2 Å². The van der Waals surface area contributed by atoms with Crippen LogP contribution in [0.4, 0.5) is 10.1 Å². The van der Waals surface area contributed by atoms with Crippen molar-refractivity contribution in [2.24, 2.45) is 7.05 Å². The molecule has 3 rings (SSSR count). The number of halogens is 1. The second-order valence-corrected chi connectivity index (χ2v) is 6.56. The van der Waals surface area contributed by atoms with Crippen LogP contribution in [0, 0.1) is 5.82 Å². The monoisotopic (exact) mass is 360 g/mol. The predicted octanol–water partition coefficient (Wildman–Crippen LogP) is 3.54. The van der Waals surface area contributed by atoms with E-state index in [1.165, 1.54) is 24.3 Å². The summed E-state index contributed by atoms with van der Waals surface area (Å²) in [5, 5.41) is 2.80. The first kappa shape index (κ1) is 17.2. The van der Waals surface area contributed by atoms with Gasteiger partial charge in [-0.25, -0.2) is 4.39 Å². The lowest BCUT2D eigenvalue weighted by Crippen LogP contribution is -2.32. The van der Waals surface area contributed by atoms with E-state index in [0.29, 0.717) is 17.9 Å². The van der Waals surface area contributed by atoms with E-state index in [1.807, 2.05) is 6.92 Å². The molecule has 0 fully saturated rings. The van der Waals surface area contributed by atoms with Crippen molar-refractivity contribution < 1.29 is 13.9 Å². The summed E-state index contributed by atoms with van der Waals surface area (Å²) in [6, 6.07) is 10.8. The minimum atomic E-state index is -0.698. The third kappa shape index (κ3) is 3.71. The molecule has 2 aromatic carbocycles. The van der Waals surface area contributed by atoms with E-state index in [2.05, 4.69) is 5.32 Å². The van der Waals surface area contributed by atoms with Crippen molar-refractivity contribution in [3.8, 4) is 5.75 Å². The summed E-state index contributed by atoms with van der Waals surface area (Å²) in [6.45, 7) is 1.83. The zero-order valence-electron chi connectivity index (χ0n) is 13.8. The number of thiazole rings is 1. The number of benzene rings is 2. The molecule has 1 amide bonds. The number of ether oxygens (including phenoxy) is 1. The Morgan fingerprint density at radius 1 is 1.28 bits per heavy atom. The molecule has 3 aromatic rings. The number of hydrogen-bond donors (Lipinski definition) is 1. The molecule has 1 aromatic heterocycles. The van der Waals surface area contributed by atoms with E-state index >= 15 is 0 Å². The first-order valence-corrected chi connectivity index (χ1v) is 8.62. The highest BCUT2D eigenvalue weighted by molar-refractivity contribution is 7.16. The van der Waals surface area contributed by atoms with Crippen molar-refractivity contribution in [3.05, 3.63) is 57.9 Å². The highest BCUT2D eigenvalue weighted by Gasteiger charge is 2.19. The molecule has 0 aliphatic carbocycles. The van der Waals surface area contributed by atoms with Gasteiger partial charge in [-0.3, -0.25) is 9.59 Å². The largest absolute Gasteiger partial charge is 0.481 e. The molecule has 1 heterocycles. The van der Waals surface area contributed by atoms with Gasteiger partial charge < -0.3 is 14.6 Å². The summed E-state index contributed by atoms with van der Waals surface area (Å²) in [4.78, 5) is 24.1. The third-order valence-electron chi connectivity index (χ3n) is 3.82. The van der Waals surface area contributed by atoms with Crippen LogP contribution in [-0.4, -0.2) is 16.6 Å². The molecule has 1 unspecified atom stereocenters. The number of nitrogens with zero attached hydrogens (tertiary/aromatic N) is 1. The lowest BCUT2D eigenvalue weighted by molar-refractivity contribution is -0.122. The van der Waals surface area contributed by atoms with Crippen molar-refractivity contribution in [2.45, 2.75) is 19.4 Å². The fourth-order valence-corrected chi connectivity index (χ4v) is 3.35. The zero-order chi connectivity index (χ0) is 18.0. The van der Waals surface area contributed by atoms with Gasteiger partial charge in [0, 0.05) is 12.7 Å². The molecule has 0 bridgehead atoms. The van der Waals surface area contributed by atoms with Gasteiger partial charge in [-0.15, -0.1) is 0 Å². The SMILES string of the molecule is CCC(Oc1ccc(F)cc1)C(=O)Nc1ccc2c(c1)sc(=O)n2C. The number of aromatic nitrogens is 1. The lowest BCUT2D eigenvalue weighted by atomic mass is 10.2. The number of rotatable bonds is 5. The maximum atomic E-state index is 13.0. The number of carbonyl (C=O) groups is 1. The molecule has 0 spiro atoms. The molecule has 7 heteroatoms. The number of hydrogen-bond acceptors (Lipinski definition) is 4. The van der Waals surface area contributed by atoms with E-state index in [9.17, 15) is 14.0 Å². The molecular formula is C18H17FN2O3S. The summed E-state index contributed by atoms with van der Waals surface area (Å²) in [6.07, 6.45) is -0.236. The van der Waals surface area contributed by atoms with Crippen molar-refractivity contribution in [3.63, 3.8) is 0 Å². The van der Waals surface area contributed by atoms with Crippen LogP contribution in [0.2, 0.25) is 0 Å². The van der Waals surface area contributed by atoms with E-state index in [4.69, 9.17) is 4.74 Å². The average Bonchev–Trinajstić information content (AvgIpc) is 2.88. The Hall–Kier alpha value is -2.67. The summed E-state index contributed by atoms with van der Waals surface area (Å²) in [7, 11) is 1.71.